The van der Waals surface area contributed by atoms with Gasteiger partial charge in [-0.05, 0) is 29.1 Å². The zero-order valence-electron chi connectivity index (χ0n) is 10.3. The molecule has 0 unspecified atom stereocenters. The number of hydrogen-bond donors (Lipinski definition) is 0. The highest BCUT2D eigenvalue weighted by Crippen LogP contribution is 2.12. The Morgan fingerprint density at radius 3 is 2.95 bits per heavy atom. The normalized spacial score (nSPS) is 10.7. The second-order valence-electron chi connectivity index (χ2n) is 3.82. The van der Waals surface area contributed by atoms with E-state index in [9.17, 15) is 0 Å². The first-order chi connectivity index (χ1) is 9.81. The third-order valence-corrected chi connectivity index (χ3v) is 3.55. The van der Waals surface area contributed by atoms with Gasteiger partial charge in [0.1, 0.15) is 0 Å². The molecule has 8 heteroatoms. The van der Waals surface area contributed by atoms with Crippen molar-refractivity contribution in [3.05, 3.63) is 46.1 Å². The summed E-state index contributed by atoms with van der Waals surface area (Å²) in [5.74, 6) is 0.334. The summed E-state index contributed by atoms with van der Waals surface area (Å²) in [7, 11) is 0. The summed E-state index contributed by atoms with van der Waals surface area (Å²) in [6, 6.07) is 6.04. The van der Waals surface area contributed by atoms with E-state index in [4.69, 9.17) is 16.3 Å². The van der Waals surface area contributed by atoms with Crippen LogP contribution in [0.2, 0.25) is 5.28 Å². The average Bonchev–Trinajstić information content (AvgIpc) is 3.11. The van der Waals surface area contributed by atoms with Gasteiger partial charge in [0.05, 0.1) is 6.61 Å². The van der Waals surface area contributed by atoms with Gasteiger partial charge < -0.3 is 4.74 Å². The molecule has 3 aromatic heterocycles. The smallest absolute Gasteiger partial charge is 0.322 e. The summed E-state index contributed by atoms with van der Waals surface area (Å²) in [5, 5.41) is 6.15. The van der Waals surface area contributed by atoms with Gasteiger partial charge in [0.25, 0.3) is 5.95 Å². The Kier molecular flexibility index (Phi) is 3.89. The van der Waals surface area contributed by atoms with Gasteiger partial charge in [-0.3, -0.25) is 0 Å². The number of aromatic nitrogens is 5. The van der Waals surface area contributed by atoms with E-state index >= 15 is 0 Å². The first-order valence-electron chi connectivity index (χ1n) is 5.88. The summed E-state index contributed by atoms with van der Waals surface area (Å²) in [6.45, 7) is 0.486. The van der Waals surface area contributed by atoms with Crippen molar-refractivity contribution < 1.29 is 4.74 Å². The molecule has 3 heterocycles. The van der Waals surface area contributed by atoms with Crippen LogP contribution in [0.4, 0.5) is 0 Å². The second kappa shape index (κ2) is 5.98. The first-order valence-corrected chi connectivity index (χ1v) is 7.14. The number of hydrogen-bond acceptors (Lipinski definition) is 6. The molecule has 0 saturated carbocycles. The molecule has 0 aliphatic heterocycles. The quantitative estimate of drug-likeness (QED) is 0.724. The molecular formula is C12H10ClN5OS. The van der Waals surface area contributed by atoms with Crippen LogP contribution in [0.15, 0.2) is 36.0 Å². The highest BCUT2D eigenvalue weighted by molar-refractivity contribution is 7.09. The lowest BCUT2D eigenvalue weighted by Gasteiger charge is -2.05. The Labute approximate surface area is 124 Å². The third-order valence-electron chi connectivity index (χ3n) is 2.44. The zero-order valence-corrected chi connectivity index (χ0v) is 11.9. The minimum atomic E-state index is 0.0802. The minimum absolute atomic E-state index is 0.0802. The molecule has 0 bridgehead atoms. The fourth-order valence-electron chi connectivity index (χ4n) is 1.57. The maximum absolute atomic E-state index is 5.86. The van der Waals surface area contributed by atoms with Gasteiger partial charge in [0.15, 0.2) is 0 Å². The molecular weight excluding hydrogens is 298 g/mol. The van der Waals surface area contributed by atoms with Crippen molar-refractivity contribution in [2.45, 2.75) is 6.42 Å². The third kappa shape index (κ3) is 3.12. The molecule has 0 radical (unpaired) electrons. The predicted octanol–water partition coefficient (Wildman–Crippen LogP) is 2.39. The molecule has 0 aromatic carbocycles. The Morgan fingerprint density at radius 1 is 1.25 bits per heavy atom. The fourth-order valence-corrected chi connectivity index (χ4v) is 2.41. The second-order valence-corrected chi connectivity index (χ2v) is 5.19. The molecule has 0 atom stereocenters. The van der Waals surface area contributed by atoms with Crippen LogP contribution in [0.5, 0.6) is 6.01 Å². The molecule has 0 spiro atoms. The van der Waals surface area contributed by atoms with Crippen molar-refractivity contribution in [2.75, 3.05) is 6.61 Å². The molecule has 0 amide bonds. The molecule has 3 aromatic rings. The molecule has 6 nitrogen and oxygen atoms in total. The fraction of sp³-hybridized carbons (Fsp3) is 0.167. The van der Waals surface area contributed by atoms with Gasteiger partial charge in [-0.2, -0.15) is 20.1 Å². The van der Waals surface area contributed by atoms with E-state index in [1.165, 1.54) is 9.56 Å². The van der Waals surface area contributed by atoms with Crippen molar-refractivity contribution in [3.63, 3.8) is 0 Å². The van der Waals surface area contributed by atoms with Gasteiger partial charge in [0, 0.05) is 23.7 Å². The van der Waals surface area contributed by atoms with Crippen molar-refractivity contribution >= 4 is 22.9 Å². The zero-order chi connectivity index (χ0) is 13.8. The number of ether oxygens (including phenoxy) is 1. The van der Waals surface area contributed by atoms with Crippen LogP contribution in [0.25, 0.3) is 5.95 Å². The van der Waals surface area contributed by atoms with E-state index in [2.05, 4.69) is 26.1 Å². The van der Waals surface area contributed by atoms with Crippen molar-refractivity contribution in [3.8, 4) is 12.0 Å². The number of halogens is 1. The van der Waals surface area contributed by atoms with Crippen molar-refractivity contribution in [1.82, 2.24) is 24.7 Å². The number of rotatable bonds is 5. The van der Waals surface area contributed by atoms with Gasteiger partial charge in [-0.15, -0.1) is 11.3 Å². The van der Waals surface area contributed by atoms with Gasteiger partial charge in [-0.25, -0.2) is 4.68 Å². The molecule has 20 heavy (non-hydrogen) atoms. The highest BCUT2D eigenvalue weighted by atomic mass is 35.5. The van der Waals surface area contributed by atoms with E-state index in [0.29, 0.717) is 12.6 Å². The molecule has 0 N–H and O–H groups in total. The van der Waals surface area contributed by atoms with Crippen LogP contribution >= 0.6 is 22.9 Å². The average molecular weight is 308 g/mol. The number of nitrogens with zero attached hydrogens (tertiary/aromatic N) is 5. The maximum Gasteiger partial charge on any atom is 0.322 e. The predicted molar refractivity (Wildman–Crippen MR) is 75.5 cm³/mol. The Balaban J connectivity index is 1.70. The SMILES string of the molecule is Clc1nc(OCCc2cccs2)nc(-n2cccn2)n1. The first kappa shape index (κ1) is 13.0. The topological polar surface area (TPSA) is 65.7 Å². The van der Waals surface area contributed by atoms with Crippen molar-refractivity contribution in [2.24, 2.45) is 0 Å². The van der Waals surface area contributed by atoms with Crippen LogP contribution in [-0.2, 0) is 6.42 Å². The van der Waals surface area contributed by atoms with Crippen molar-refractivity contribution in [1.29, 1.82) is 0 Å². The van der Waals surface area contributed by atoms with E-state index < -0.39 is 0 Å². The Bertz CT molecular complexity index is 671. The summed E-state index contributed by atoms with van der Waals surface area (Å²) >= 11 is 7.55. The van der Waals surface area contributed by atoms with E-state index in [1.807, 2.05) is 11.4 Å². The Hall–Kier alpha value is -1.99. The largest absolute Gasteiger partial charge is 0.463 e. The molecule has 0 saturated heterocycles. The molecule has 0 fully saturated rings. The summed E-state index contributed by atoms with van der Waals surface area (Å²) in [4.78, 5) is 13.4. The van der Waals surface area contributed by atoms with Gasteiger partial charge in [0.2, 0.25) is 5.28 Å². The molecule has 3 rings (SSSR count). The van der Waals surface area contributed by atoms with Crippen LogP contribution < -0.4 is 4.74 Å². The highest BCUT2D eigenvalue weighted by Gasteiger charge is 2.08. The summed E-state index contributed by atoms with van der Waals surface area (Å²) in [6.07, 6.45) is 4.16. The summed E-state index contributed by atoms with van der Waals surface area (Å²) in [5.41, 5.74) is 0. The van der Waals surface area contributed by atoms with Gasteiger partial charge in [-0.1, -0.05) is 6.07 Å². The lowest BCUT2D eigenvalue weighted by atomic mass is 10.4. The van der Waals surface area contributed by atoms with Gasteiger partial charge >= 0.3 is 6.01 Å². The van der Waals surface area contributed by atoms with Crippen LogP contribution in [0.3, 0.4) is 0 Å². The minimum Gasteiger partial charge on any atom is -0.463 e. The maximum atomic E-state index is 5.86. The monoisotopic (exact) mass is 307 g/mol. The molecule has 0 aliphatic rings. The van der Waals surface area contributed by atoms with Crippen LogP contribution in [0, 0.1) is 0 Å². The van der Waals surface area contributed by atoms with E-state index in [1.54, 1.807) is 29.8 Å². The number of thiophene rings is 1. The summed E-state index contributed by atoms with van der Waals surface area (Å²) < 4.78 is 7.02. The lowest BCUT2D eigenvalue weighted by Crippen LogP contribution is -2.08. The molecule has 102 valence electrons. The van der Waals surface area contributed by atoms with Crippen LogP contribution in [0.1, 0.15) is 4.88 Å². The lowest BCUT2D eigenvalue weighted by molar-refractivity contribution is 0.295. The van der Waals surface area contributed by atoms with E-state index in [0.717, 1.165) is 6.42 Å². The standard InChI is InChI=1S/C12H10ClN5OS/c13-10-15-11(18-6-2-5-14-18)17-12(16-10)19-7-4-9-3-1-8-20-9/h1-3,5-6,8H,4,7H2. The van der Waals surface area contributed by atoms with Crippen LogP contribution in [-0.4, -0.2) is 31.3 Å². The Morgan fingerprint density at radius 2 is 2.20 bits per heavy atom. The molecule has 0 aliphatic carbocycles. The van der Waals surface area contributed by atoms with E-state index in [-0.39, 0.29) is 11.3 Å².